The van der Waals surface area contributed by atoms with Gasteiger partial charge in [-0.05, 0) is 42.9 Å². The molecule has 1 aromatic heterocycles. The van der Waals surface area contributed by atoms with E-state index >= 15 is 0 Å². The van der Waals surface area contributed by atoms with E-state index in [2.05, 4.69) is 29.3 Å². The van der Waals surface area contributed by atoms with Gasteiger partial charge >= 0.3 is 0 Å². The molecular weight excluding hydrogens is 292 g/mol. The van der Waals surface area contributed by atoms with Gasteiger partial charge in [0.15, 0.2) is 0 Å². The fourth-order valence-electron chi connectivity index (χ4n) is 3.50. The van der Waals surface area contributed by atoms with Gasteiger partial charge in [-0.2, -0.15) is 0 Å². The van der Waals surface area contributed by atoms with Crippen LogP contribution < -0.4 is 4.74 Å². The molecule has 1 saturated carbocycles. The summed E-state index contributed by atoms with van der Waals surface area (Å²) in [4.78, 5) is 0. The second-order valence-electron chi connectivity index (χ2n) is 6.69. The van der Waals surface area contributed by atoms with Gasteiger partial charge in [0.25, 0.3) is 0 Å². The molecule has 2 aromatic rings. The molecule has 4 rings (SSSR count). The molecule has 1 aromatic carbocycles. The molecule has 0 N–H and O–H groups in total. The molecule has 2 fully saturated rings. The quantitative estimate of drug-likeness (QED) is 0.866. The Kier molecular flexibility index (Phi) is 3.60. The first-order valence-electron chi connectivity index (χ1n) is 8.29. The molecule has 122 valence electrons. The van der Waals surface area contributed by atoms with Crippen molar-refractivity contribution in [1.82, 2.24) is 10.2 Å². The van der Waals surface area contributed by atoms with Crippen LogP contribution in [0.3, 0.4) is 0 Å². The predicted molar refractivity (Wildman–Crippen MR) is 84.6 cm³/mol. The van der Waals surface area contributed by atoms with Crippen LogP contribution in [0.1, 0.15) is 49.4 Å². The van der Waals surface area contributed by atoms with Crippen LogP contribution in [-0.2, 0) is 10.2 Å². The number of methoxy groups -OCH3 is 1. The zero-order valence-corrected chi connectivity index (χ0v) is 13.6. The zero-order chi connectivity index (χ0) is 15.9. The number of nitrogens with zero attached hydrogens (tertiary/aromatic N) is 2. The van der Waals surface area contributed by atoms with Crippen LogP contribution in [0.25, 0.3) is 0 Å². The Labute approximate surface area is 136 Å². The Bertz CT molecular complexity index is 674. The molecule has 0 spiro atoms. The van der Waals surface area contributed by atoms with Gasteiger partial charge in [0.2, 0.25) is 11.8 Å². The Morgan fingerprint density at radius 3 is 2.43 bits per heavy atom. The van der Waals surface area contributed by atoms with Crippen molar-refractivity contribution in [3.8, 4) is 5.75 Å². The first-order chi connectivity index (χ1) is 11.2. The number of ether oxygens (including phenoxy) is 2. The van der Waals surface area contributed by atoms with Crippen molar-refractivity contribution in [3.63, 3.8) is 0 Å². The average Bonchev–Trinajstić information content (AvgIpc) is 3.13. The van der Waals surface area contributed by atoms with Crippen molar-refractivity contribution in [3.05, 3.63) is 41.6 Å². The normalized spacial score (nSPS) is 26.0. The summed E-state index contributed by atoms with van der Waals surface area (Å²) in [5, 5.41) is 8.75. The molecule has 0 radical (unpaired) electrons. The highest BCUT2D eigenvalue weighted by atomic mass is 16.5. The lowest BCUT2D eigenvalue weighted by Crippen LogP contribution is -2.35. The zero-order valence-electron chi connectivity index (χ0n) is 13.6. The largest absolute Gasteiger partial charge is 0.497 e. The second-order valence-corrected chi connectivity index (χ2v) is 6.69. The molecule has 2 heterocycles. The van der Waals surface area contributed by atoms with E-state index in [9.17, 15) is 0 Å². The number of benzene rings is 1. The third-order valence-electron chi connectivity index (χ3n) is 5.27. The summed E-state index contributed by atoms with van der Waals surface area (Å²) in [6.45, 7) is 3.65. The van der Waals surface area contributed by atoms with Crippen LogP contribution in [0.2, 0.25) is 0 Å². The maximum atomic E-state index is 6.12. The molecule has 1 saturated heterocycles. The lowest BCUT2D eigenvalue weighted by Gasteiger charge is -2.34. The highest BCUT2D eigenvalue weighted by molar-refractivity contribution is 5.37. The summed E-state index contributed by atoms with van der Waals surface area (Å²) in [6, 6.07) is 8.20. The lowest BCUT2D eigenvalue weighted by atomic mass is 9.74. The lowest BCUT2D eigenvalue weighted by molar-refractivity contribution is 0.0540. The van der Waals surface area contributed by atoms with E-state index in [4.69, 9.17) is 13.9 Å². The van der Waals surface area contributed by atoms with Gasteiger partial charge in [-0.15, -0.1) is 10.2 Å². The van der Waals surface area contributed by atoms with Gasteiger partial charge in [-0.1, -0.05) is 19.1 Å². The second kappa shape index (κ2) is 5.64. The number of hydrogen-bond donors (Lipinski definition) is 0. The van der Waals surface area contributed by atoms with Crippen molar-refractivity contribution in [2.75, 3.05) is 20.3 Å². The Morgan fingerprint density at radius 2 is 1.83 bits per heavy atom. The SMILES string of the molecule is COc1ccc(C2(c3nnc(C4CC4C)o3)CCOCC2)cc1. The summed E-state index contributed by atoms with van der Waals surface area (Å²) in [5.41, 5.74) is 0.953. The minimum atomic E-state index is -0.242. The van der Waals surface area contributed by atoms with E-state index in [0.717, 1.165) is 36.8 Å². The van der Waals surface area contributed by atoms with E-state index in [-0.39, 0.29) is 5.41 Å². The van der Waals surface area contributed by atoms with Gasteiger partial charge in [0.1, 0.15) is 5.75 Å². The van der Waals surface area contributed by atoms with E-state index in [1.54, 1.807) is 7.11 Å². The van der Waals surface area contributed by atoms with Gasteiger partial charge in [0.05, 0.1) is 12.5 Å². The molecule has 5 heteroatoms. The fourth-order valence-corrected chi connectivity index (χ4v) is 3.50. The van der Waals surface area contributed by atoms with Crippen LogP contribution in [-0.4, -0.2) is 30.5 Å². The highest BCUT2D eigenvalue weighted by Gasteiger charge is 2.44. The maximum absolute atomic E-state index is 6.12. The Morgan fingerprint density at radius 1 is 1.13 bits per heavy atom. The van der Waals surface area contributed by atoms with Crippen LogP contribution >= 0.6 is 0 Å². The third kappa shape index (κ3) is 2.53. The standard InChI is InChI=1S/C18H22N2O3/c1-12-11-15(12)16-19-20-17(23-16)18(7-9-22-10-8-18)13-3-5-14(21-2)6-4-13/h3-6,12,15H,7-11H2,1-2H3. The van der Waals surface area contributed by atoms with Crippen LogP contribution in [0.4, 0.5) is 0 Å². The third-order valence-corrected chi connectivity index (χ3v) is 5.27. The maximum Gasteiger partial charge on any atom is 0.227 e. The van der Waals surface area contributed by atoms with Gasteiger partial charge in [0, 0.05) is 19.1 Å². The Hall–Kier alpha value is -1.88. The summed E-state index contributed by atoms with van der Waals surface area (Å²) < 4.78 is 17.0. The first kappa shape index (κ1) is 14.7. The summed E-state index contributed by atoms with van der Waals surface area (Å²) in [6.07, 6.45) is 2.88. The molecule has 2 aliphatic rings. The molecular formula is C18H22N2O3. The number of hydrogen-bond acceptors (Lipinski definition) is 5. The molecule has 23 heavy (non-hydrogen) atoms. The highest BCUT2D eigenvalue weighted by Crippen LogP contribution is 2.48. The van der Waals surface area contributed by atoms with Crippen LogP contribution in [0.15, 0.2) is 28.7 Å². The van der Waals surface area contributed by atoms with Crippen molar-refractivity contribution < 1.29 is 13.9 Å². The molecule has 1 aliphatic heterocycles. The van der Waals surface area contributed by atoms with Crippen LogP contribution in [0, 0.1) is 5.92 Å². The smallest absolute Gasteiger partial charge is 0.227 e. The van der Waals surface area contributed by atoms with Crippen molar-refractivity contribution in [2.24, 2.45) is 5.92 Å². The van der Waals surface area contributed by atoms with E-state index < -0.39 is 0 Å². The van der Waals surface area contributed by atoms with Gasteiger partial charge in [-0.3, -0.25) is 0 Å². The van der Waals surface area contributed by atoms with Gasteiger partial charge in [-0.25, -0.2) is 0 Å². The minimum absolute atomic E-state index is 0.242. The monoisotopic (exact) mass is 314 g/mol. The molecule has 1 aliphatic carbocycles. The summed E-state index contributed by atoms with van der Waals surface area (Å²) in [5.74, 6) is 3.50. The van der Waals surface area contributed by atoms with Crippen LogP contribution in [0.5, 0.6) is 5.75 Å². The topological polar surface area (TPSA) is 57.4 Å². The summed E-state index contributed by atoms with van der Waals surface area (Å²) in [7, 11) is 1.68. The van der Waals surface area contributed by atoms with E-state index in [1.165, 1.54) is 5.56 Å². The molecule has 0 bridgehead atoms. The van der Waals surface area contributed by atoms with E-state index in [1.807, 2.05) is 12.1 Å². The average molecular weight is 314 g/mol. The molecule has 2 atom stereocenters. The minimum Gasteiger partial charge on any atom is -0.497 e. The van der Waals surface area contributed by atoms with Gasteiger partial charge < -0.3 is 13.9 Å². The van der Waals surface area contributed by atoms with E-state index in [0.29, 0.717) is 25.0 Å². The fraction of sp³-hybridized carbons (Fsp3) is 0.556. The molecule has 0 amide bonds. The van der Waals surface area contributed by atoms with Crippen molar-refractivity contribution in [2.45, 2.75) is 37.5 Å². The number of rotatable bonds is 4. The van der Waals surface area contributed by atoms with Crippen molar-refractivity contribution >= 4 is 0 Å². The molecule has 5 nitrogen and oxygen atoms in total. The molecule has 2 unspecified atom stereocenters. The predicted octanol–water partition coefficient (Wildman–Crippen LogP) is 3.30. The first-order valence-corrected chi connectivity index (χ1v) is 8.29. The summed E-state index contributed by atoms with van der Waals surface area (Å²) >= 11 is 0. The Balaban J connectivity index is 1.71. The number of aromatic nitrogens is 2. The van der Waals surface area contributed by atoms with Crippen molar-refractivity contribution in [1.29, 1.82) is 0 Å².